The van der Waals surface area contributed by atoms with Gasteiger partial charge < -0.3 is 14.6 Å². The molecule has 4 nitrogen and oxygen atoms in total. The van der Waals surface area contributed by atoms with Crippen LogP contribution >= 0.6 is 0 Å². The smallest absolute Gasteiger partial charge is 0.335 e. The minimum Gasteiger partial charge on any atom is -0.462 e. The Hall–Kier alpha value is -3.47. The second-order valence-electron chi connectivity index (χ2n) is 12.4. The summed E-state index contributed by atoms with van der Waals surface area (Å²) >= 11 is 0. The van der Waals surface area contributed by atoms with Crippen molar-refractivity contribution in [1.29, 1.82) is 0 Å². The number of esters is 1. The lowest BCUT2D eigenvalue weighted by molar-refractivity contribution is -0.142. The number of hydrogen-bond donors (Lipinski definition) is 1. The summed E-state index contributed by atoms with van der Waals surface area (Å²) in [5.74, 6) is 0.876. The first-order valence-corrected chi connectivity index (χ1v) is 16.0. The topological polar surface area (TPSA) is 55.8 Å². The molecule has 1 saturated carbocycles. The quantitative estimate of drug-likeness (QED) is 0.127. The summed E-state index contributed by atoms with van der Waals surface area (Å²) in [5, 5.41) is 14.3. The van der Waals surface area contributed by atoms with Gasteiger partial charge >= 0.3 is 5.97 Å². The number of aliphatic hydroxyl groups excluding tert-OH is 1. The SMILES string of the molecule is C=C(CO)C(=O)OCC(COC)C1CCC(CCc2ccc3cc(-c4ccc5cc(CCC)ccc5c4)ccc3c2)CC1. The van der Waals surface area contributed by atoms with Crippen molar-refractivity contribution in [1.82, 2.24) is 0 Å². The van der Waals surface area contributed by atoms with Crippen LogP contribution in [0.3, 0.4) is 0 Å². The van der Waals surface area contributed by atoms with E-state index in [1.807, 2.05) is 0 Å². The molecule has 0 spiro atoms. The van der Waals surface area contributed by atoms with E-state index >= 15 is 0 Å². The number of hydrogen-bond acceptors (Lipinski definition) is 4. The highest BCUT2D eigenvalue weighted by Gasteiger charge is 2.28. The van der Waals surface area contributed by atoms with Crippen molar-refractivity contribution in [3.05, 3.63) is 96.1 Å². The third kappa shape index (κ3) is 7.93. The minimum absolute atomic E-state index is 0.0969. The Balaban J connectivity index is 1.15. The first kappa shape index (κ1) is 31.0. The van der Waals surface area contributed by atoms with Crippen molar-refractivity contribution in [3.63, 3.8) is 0 Å². The van der Waals surface area contributed by atoms with Gasteiger partial charge in [0.05, 0.1) is 25.4 Å². The summed E-state index contributed by atoms with van der Waals surface area (Å²) in [6, 6.07) is 27.5. The number of methoxy groups -OCH3 is 1. The maximum absolute atomic E-state index is 11.9. The molecular formula is C39H46O4. The fourth-order valence-corrected chi connectivity index (χ4v) is 6.75. The van der Waals surface area contributed by atoms with E-state index in [1.165, 1.54) is 69.5 Å². The van der Waals surface area contributed by atoms with Crippen molar-refractivity contribution in [2.75, 3.05) is 26.9 Å². The summed E-state index contributed by atoms with van der Waals surface area (Å²) in [6.07, 6.45) is 9.26. The Bertz CT molecular complexity index is 1550. The van der Waals surface area contributed by atoms with E-state index in [2.05, 4.69) is 86.3 Å². The molecule has 1 unspecified atom stereocenters. The average molecular weight is 579 g/mol. The molecule has 5 rings (SSSR count). The van der Waals surface area contributed by atoms with Crippen LogP contribution in [0.25, 0.3) is 32.7 Å². The zero-order chi connectivity index (χ0) is 30.2. The summed E-state index contributed by atoms with van der Waals surface area (Å²) in [6.45, 7) is 6.31. The summed E-state index contributed by atoms with van der Waals surface area (Å²) in [7, 11) is 1.70. The highest BCUT2D eigenvalue weighted by Crippen LogP contribution is 2.36. The molecule has 1 aliphatic carbocycles. The molecule has 1 N–H and O–H groups in total. The van der Waals surface area contributed by atoms with Gasteiger partial charge in [-0.1, -0.05) is 93.4 Å². The molecule has 1 aliphatic rings. The number of aryl methyl sites for hydroxylation is 2. The van der Waals surface area contributed by atoms with Gasteiger partial charge in [-0.05, 0) is 99.9 Å². The summed E-state index contributed by atoms with van der Waals surface area (Å²) in [5.41, 5.74) is 5.44. The van der Waals surface area contributed by atoms with Crippen LogP contribution < -0.4 is 0 Å². The largest absolute Gasteiger partial charge is 0.462 e. The van der Waals surface area contributed by atoms with E-state index in [-0.39, 0.29) is 18.1 Å². The van der Waals surface area contributed by atoms with E-state index in [9.17, 15) is 4.79 Å². The zero-order valence-electron chi connectivity index (χ0n) is 25.8. The van der Waals surface area contributed by atoms with Crippen LogP contribution in [-0.2, 0) is 27.1 Å². The van der Waals surface area contributed by atoms with Crippen LogP contribution in [0.4, 0.5) is 0 Å². The highest BCUT2D eigenvalue weighted by molar-refractivity contribution is 5.92. The van der Waals surface area contributed by atoms with Crippen LogP contribution in [0, 0.1) is 17.8 Å². The molecule has 4 aromatic carbocycles. The number of aliphatic hydroxyl groups is 1. The zero-order valence-corrected chi connectivity index (χ0v) is 25.8. The summed E-state index contributed by atoms with van der Waals surface area (Å²) < 4.78 is 10.9. The number of carbonyl (C=O) groups excluding carboxylic acids is 1. The number of ether oxygens (including phenoxy) is 2. The molecule has 1 atom stereocenters. The Morgan fingerprint density at radius 3 is 1.93 bits per heavy atom. The molecule has 0 radical (unpaired) electrons. The van der Waals surface area contributed by atoms with Gasteiger partial charge in [0.15, 0.2) is 0 Å². The van der Waals surface area contributed by atoms with Gasteiger partial charge in [-0.15, -0.1) is 0 Å². The maximum Gasteiger partial charge on any atom is 0.335 e. The van der Waals surface area contributed by atoms with E-state index in [1.54, 1.807) is 7.11 Å². The minimum atomic E-state index is -0.515. The molecule has 0 bridgehead atoms. The van der Waals surface area contributed by atoms with Crippen LogP contribution in [-0.4, -0.2) is 38.0 Å². The Morgan fingerprint density at radius 2 is 1.37 bits per heavy atom. The summed E-state index contributed by atoms with van der Waals surface area (Å²) in [4.78, 5) is 11.9. The molecule has 0 heterocycles. The predicted molar refractivity (Wildman–Crippen MR) is 177 cm³/mol. The van der Waals surface area contributed by atoms with Crippen molar-refractivity contribution in [3.8, 4) is 11.1 Å². The molecule has 0 amide bonds. The van der Waals surface area contributed by atoms with Crippen molar-refractivity contribution in [2.45, 2.75) is 58.3 Å². The monoisotopic (exact) mass is 578 g/mol. The normalized spacial score (nSPS) is 17.7. The van der Waals surface area contributed by atoms with Gasteiger partial charge in [0.25, 0.3) is 0 Å². The number of rotatable bonds is 13. The lowest BCUT2D eigenvalue weighted by Gasteiger charge is -2.33. The van der Waals surface area contributed by atoms with Gasteiger partial charge in [-0.2, -0.15) is 0 Å². The standard InChI is InChI=1S/C39H46O4/c1-4-5-29-10-14-34-22-36(18-16-32(34)20-29)37-19-17-33-21-30(11-15-35(33)23-37)7-6-28-8-12-31(13-9-28)38(25-42-3)26-43-39(41)27(2)24-40/h10-11,14-23,28,31,38,40H,2,4-9,12-13,24-26H2,1,3H3. The van der Waals surface area contributed by atoms with Crippen LogP contribution in [0.2, 0.25) is 0 Å². The van der Waals surface area contributed by atoms with Crippen LogP contribution in [0.15, 0.2) is 84.9 Å². The lowest BCUT2D eigenvalue weighted by Crippen LogP contribution is -2.30. The third-order valence-corrected chi connectivity index (χ3v) is 9.37. The molecule has 4 aromatic rings. The molecule has 4 heteroatoms. The van der Waals surface area contributed by atoms with Gasteiger partial charge in [-0.25, -0.2) is 4.79 Å². The van der Waals surface area contributed by atoms with Gasteiger partial charge in [0.1, 0.15) is 0 Å². The molecule has 43 heavy (non-hydrogen) atoms. The Labute approximate surface area is 256 Å². The lowest BCUT2D eigenvalue weighted by atomic mass is 9.74. The second-order valence-corrected chi connectivity index (χ2v) is 12.4. The number of fused-ring (bicyclic) bond motifs is 2. The van der Waals surface area contributed by atoms with Gasteiger partial charge in [0, 0.05) is 13.0 Å². The van der Waals surface area contributed by atoms with Gasteiger partial charge in [-0.3, -0.25) is 0 Å². The first-order valence-electron chi connectivity index (χ1n) is 16.0. The average Bonchev–Trinajstić information content (AvgIpc) is 3.05. The van der Waals surface area contributed by atoms with E-state index in [4.69, 9.17) is 14.6 Å². The van der Waals surface area contributed by atoms with E-state index in [0.717, 1.165) is 31.6 Å². The fraction of sp³-hybridized carbons (Fsp3) is 0.410. The molecule has 0 aromatic heterocycles. The van der Waals surface area contributed by atoms with Crippen molar-refractivity contribution < 1.29 is 19.4 Å². The molecule has 0 aliphatic heterocycles. The van der Waals surface area contributed by atoms with Crippen molar-refractivity contribution in [2.24, 2.45) is 17.8 Å². The van der Waals surface area contributed by atoms with Crippen molar-refractivity contribution >= 4 is 27.5 Å². The van der Waals surface area contributed by atoms with Crippen LogP contribution in [0.1, 0.15) is 56.6 Å². The number of benzene rings is 4. The Morgan fingerprint density at radius 1 is 0.814 bits per heavy atom. The fourth-order valence-electron chi connectivity index (χ4n) is 6.75. The second kappa shape index (κ2) is 14.8. The van der Waals surface area contributed by atoms with E-state index < -0.39 is 5.97 Å². The molecule has 0 saturated heterocycles. The number of carbonyl (C=O) groups is 1. The predicted octanol–water partition coefficient (Wildman–Crippen LogP) is 8.71. The van der Waals surface area contributed by atoms with Crippen LogP contribution in [0.5, 0.6) is 0 Å². The van der Waals surface area contributed by atoms with Gasteiger partial charge in [0.2, 0.25) is 0 Å². The third-order valence-electron chi connectivity index (χ3n) is 9.37. The highest BCUT2D eigenvalue weighted by atomic mass is 16.5. The first-order chi connectivity index (χ1) is 21.0. The molecular weight excluding hydrogens is 532 g/mol. The maximum atomic E-state index is 11.9. The Kier molecular flexibility index (Phi) is 10.7. The van der Waals surface area contributed by atoms with E-state index in [0.29, 0.717) is 19.1 Å². The molecule has 226 valence electrons. The molecule has 1 fully saturated rings.